The number of aromatic nitrogens is 1. The molecule has 28 heavy (non-hydrogen) atoms. The normalized spacial score (nSPS) is 15.9. The summed E-state index contributed by atoms with van der Waals surface area (Å²) < 4.78 is 2.06. The lowest BCUT2D eigenvalue weighted by atomic mass is 10.1. The molecule has 0 radical (unpaired) electrons. The highest BCUT2D eigenvalue weighted by molar-refractivity contribution is 7.80. The zero-order valence-corrected chi connectivity index (χ0v) is 17.4. The molecule has 0 saturated carbocycles. The molecule has 1 aromatic heterocycles. The molecule has 2 amide bonds. The minimum atomic E-state index is -0.501. The first-order valence-corrected chi connectivity index (χ1v) is 9.48. The van der Waals surface area contributed by atoms with E-state index < -0.39 is 11.8 Å². The van der Waals surface area contributed by atoms with Crippen LogP contribution < -0.4 is 5.32 Å². The third kappa shape index (κ3) is 3.53. The standard InChI is InChI=1S/C21H20ClN3O2S/c1-5-8-24-20(27)17(19(26)23-21(24)28)10-15-9-13(3)25(14(15)4)18-11-16(22)7-6-12(18)2/h5-7,9-11H,1,8H2,2-4H3,(H,23,26,28). The minimum absolute atomic E-state index is 0.0403. The molecular formula is C21H20ClN3O2S. The van der Waals surface area contributed by atoms with E-state index in [0.717, 1.165) is 28.2 Å². The van der Waals surface area contributed by atoms with Crippen LogP contribution in [0.1, 0.15) is 22.5 Å². The summed E-state index contributed by atoms with van der Waals surface area (Å²) in [5.41, 5.74) is 4.72. The number of thiocarbonyl (C=S) groups is 1. The van der Waals surface area contributed by atoms with Crippen LogP contribution in [0.4, 0.5) is 0 Å². The van der Waals surface area contributed by atoms with E-state index in [1.807, 2.05) is 45.0 Å². The van der Waals surface area contributed by atoms with Crippen LogP contribution >= 0.6 is 23.8 Å². The molecule has 0 bridgehead atoms. The lowest BCUT2D eigenvalue weighted by Gasteiger charge is -2.27. The summed E-state index contributed by atoms with van der Waals surface area (Å²) in [5, 5.41) is 3.29. The number of aryl methyl sites for hydroxylation is 2. The molecule has 1 N–H and O–H groups in total. The smallest absolute Gasteiger partial charge is 0.265 e. The molecule has 0 atom stereocenters. The molecule has 5 nitrogen and oxygen atoms in total. The van der Waals surface area contributed by atoms with Crippen LogP contribution in [0.5, 0.6) is 0 Å². The maximum Gasteiger partial charge on any atom is 0.265 e. The molecule has 144 valence electrons. The quantitative estimate of drug-likeness (QED) is 0.358. The topological polar surface area (TPSA) is 54.3 Å². The second-order valence-electron chi connectivity index (χ2n) is 6.61. The molecule has 1 aromatic carbocycles. The van der Waals surface area contributed by atoms with Crippen molar-refractivity contribution in [3.8, 4) is 5.69 Å². The first-order chi connectivity index (χ1) is 13.2. The largest absolute Gasteiger partial charge is 0.318 e. The Labute approximate surface area is 174 Å². The van der Waals surface area contributed by atoms with Gasteiger partial charge in [0, 0.05) is 28.6 Å². The fourth-order valence-electron chi connectivity index (χ4n) is 3.27. The van der Waals surface area contributed by atoms with E-state index in [-0.39, 0.29) is 17.2 Å². The summed E-state index contributed by atoms with van der Waals surface area (Å²) in [7, 11) is 0. The first kappa shape index (κ1) is 20.0. The van der Waals surface area contributed by atoms with E-state index in [0.29, 0.717) is 5.02 Å². The molecule has 1 aliphatic heterocycles. The monoisotopic (exact) mass is 413 g/mol. The maximum absolute atomic E-state index is 12.7. The van der Waals surface area contributed by atoms with Crippen LogP contribution in [0, 0.1) is 20.8 Å². The number of halogens is 1. The Kier molecular flexibility index (Phi) is 5.54. The average molecular weight is 414 g/mol. The molecule has 0 aliphatic carbocycles. The van der Waals surface area contributed by atoms with E-state index in [1.165, 1.54) is 4.90 Å². The van der Waals surface area contributed by atoms with Gasteiger partial charge in [0.1, 0.15) is 5.57 Å². The Balaban J connectivity index is 2.09. The molecule has 0 spiro atoms. The van der Waals surface area contributed by atoms with Gasteiger partial charge in [0.25, 0.3) is 11.8 Å². The van der Waals surface area contributed by atoms with E-state index in [2.05, 4.69) is 16.5 Å². The lowest BCUT2D eigenvalue weighted by molar-refractivity contribution is -0.128. The minimum Gasteiger partial charge on any atom is -0.318 e. The third-order valence-corrected chi connectivity index (χ3v) is 5.24. The second kappa shape index (κ2) is 7.73. The fraction of sp³-hybridized carbons (Fsp3) is 0.190. The number of rotatable bonds is 4. The van der Waals surface area contributed by atoms with Crippen molar-refractivity contribution in [2.45, 2.75) is 20.8 Å². The molecule has 1 aliphatic rings. The van der Waals surface area contributed by atoms with Crippen LogP contribution in [0.15, 0.2) is 42.5 Å². The van der Waals surface area contributed by atoms with Crippen molar-refractivity contribution in [3.05, 3.63) is 70.0 Å². The van der Waals surface area contributed by atoms with Gasteiger partial charge >= 0.3 is 0 Å². The van der Waals surface area contributed by atoms with Crippen LogP contribution in [-0.2, 0) is 9.59 Å². The Morgan fingerprint density at radius 3 is 2.61 bits per heavy atom. The summed E-state index contributed by atoms with van der Waals surface area (Å²) in [6, 6.07) is 7.64. The number of nitrogens with zero attached hydrogens (tertiary/aromatic N) is 2. The number of hydrogen-bond acceptors (Lipinski definition) is 3. The first-order valence-electron chi connectivity index (χ1n) is 8.69. The highest BCUT2D eigenvalue weighted by Gasteiger charge is 2.32. The van der Waals surface area contributed by atoms with Crippen molar-refractivity contribution >= 4 is 46.8 Å². The molecular weight excluding hydrogens is 394 g/mol. The molecule has 0 unspecified atom stereocenters. The van der Waals surface area contributed by atoms with Crippen LogP contribution in [-0.4, -0.2) is 32.9 Å². The Morgan fingerprint density at radius 1 is 1.21 bits per heavy atom. The van der Waals surface area contributed by atoms with Gasteiger partial charge in [-0.05, 0) is 68.4 Å². The molecule has 3 rings (SSSR count). The van der Waals surface area contributed by atoms with E-state index >= 15 is 0 Å². The van der Waals surface area contributed by atoms with Crippen LogP contribution in [0.25, 0.3) is 11.8 Å². The van der Waals surface area contributed by atoms with Gasteiger partial charge in [-0.15, -0.1) is 6.58 Å². The van der Waals surface area contributed by atoms with Crippen molar-refractivity contribution in [2.24, 2.45) is 0 Å². The SMILES string of the molecule is C=CCN1C(=O)C(=Cc2cc(C)n(-c3cc(Cl)ccc3C)c2C)C(=O)NC1=S. The number of benzene rings is 1. The summed E-state index contributed by atoms with van der Waals surface area (Å²) in [6.07, 6.45) is 3.17. The number of amides is 2. The second-order valence-corrected chi connectivity index (χ2v) is 7.44. The summed E-state index contributed by atoms with van der Waals surface area (Å²) in [4.78, 5) is 26.4. The highest BCUT2D eigenvalue weighted by atomic mass is 35.5. The lowest BCUT2D eigenvalue weighted by Crippen LogP contribution is -2.53. The van der Waals surface area contributed by atoms with Gasteiger partial charge in [-0.3, -0.25) is 19.8 Å². The van der Waals surface area contributed by atoms with Gasteiger partial charge in [-0.1, -0.05) is 23.7 Å². The van der Waals surface area contributed by atoms with Crippen molar-refractivity contribution in [1.29, 1.82) is 0 Å². The van der Waals surface area contributed by atoms with Gasteiger partial charge < -0.3 is 4.57 Å². The number of carbonyl (C=O) groups is 2. The average Bonchev–Trinajstić information content (AvgIpc) is 2.91. The van der Waals surface area contributed by atoms with Crippen molar-refractivity contribution in [1.82, 2.24) is 14.8 Å². The Bertz CT molecular complexity index is 1050. The Morgan fingerprint density at radius 2 is 1.93 bits per heavy atom. The van der Waals surface area contributed by atoms with Crippen LogP contribution in [0.3, 0.4) is 0 Å². The van der Waals surface area contributed by atoms with Gasteiger partial charge in [0.15, 0.2) is 5.11 Å². The molecule has 7 heteroatoms. The zero-order chi connectivity index (χ0) is 20.6. The summed E-state index contributed by atoms with van der Waals surface area (Å²) >= 11 is 11.3. The molecule has 2 heterocycles. The van der Waals surface area contributed by atoms with Crippen LogP contribution in [0.2, 0.25) is 5.02 Å². The zero-order valence-electron chi connectivity index (χ0n) is 15.9. The van der Waals surface area contributed by atoms with E-state index in [4.69, 9.17) is 23.8 Å². The summed E-state index contributed by atoms with van der Waals surface area (Å²) in [6.45, 7) is 9.78. The fourth-order valence-corrected chi connectivity index (χ4v) is 3.69. The Hall–Kier alpha value is -2.70. The number of carbonyl (C=O) groups excluding carboxylic acids is 2. The molecule has 2 aromatic rings. The predicted molar refractivity (Wildman–Crippen MR) is 116 cm³/mol. The third-order valence-electron chi connectivity index (χ3n) is 4.68. The highest BCUT2D eigenvalue weighted by Crippen LogP contribution is 2.27. The van der Waals surface area contributed by atoms with E-state index in [1.54, 1.807) is 12.2 Å². The van der Waals surface area contributed by atoms with Crippen molar-refractivity contribution < 1.29 is 9.59 Å². The predicted octanol–water partition coefficient (Wildman–Crippen LogP) is 3.87. The molecule has 1 fully saturated rings. The molecule has 1 saturated heterocycles. The van der Waals surface area contributed by atoms with Gasteiger partial charge in [0.05, 0.1) is 0 Å². The van der Waals surface area contributed by atoms with Gasteiger partial charge in [-0.25, -0.2) is 0 Å². The van der Waals surface area contributed by atoms with E-state index in [9.17, 15) is 9.59 Å². The number of hydrogen-bond donors (Lipinski definition) is 1. The van der Waals surface area contributed by atoms with Crippen molar-refractivity contribution in [2.75, 3.05) is 6.54 Å². The summed E-state index contributed by atoms with van der Waals surface area (Å²) in [5.74, 6) is -0.934. The maximum atomic E-state index is 12.7. The van der Waals surface area contributed by atoms with Gasteiger partial charge in [0.2, 0.25) is 0 Å². The van der Waals surface area contributed by atoms with Crippen molar-refractivity contribution in [3.63, 3.8) is 0 Å². The van der Waals surface area contributed by atoms with Gasteiger partial charge in [-0.2, -0.15) is 0 Å². The number of nitrogens with one attached hydrogen (secondary N) is 1.